The Bertz CT molecular complexity index is 709. The number of rotatable bonds is 7. The molecular formula is C18H24N4O2. The van der Waals surface area contributed by atoms with Crippen molar-refractivity contribution in [2.75, 3.05) is 18.6 Å². The molecule has 0 radical (unpaired) electrons. The average Bonchev–Trinajstić information content (AvgIpc) is 2.54. The number of hydrogen-bond donors (Lipinski definition) is 1. The third-order valence-corrected chi connectivity index (χ3v) is 3.27. The zero-order chi connectivity index (χ0) is 17.5. The van der Waals surface area contributed by atoms with Crippen molar-refractivity contribution < 1.29 is 9.47 Å². The van der Waals surface area contributed by atoms with Crippen LogP contribution in [0.3, 0.4) is 0 Å². The molecule has 6 nitrogen and oxygen atoms in total. The van der Waals surface area contributed by atoms with Crippen LogP contribution in [-0.2, 0) is 0 Å². The van der Waals surface area contributed by atoms with Crippen molar-refractivity contribution in [2.24, 2.45) is 5.10 Å². The number of aryl methyl sites for hydroxylation is 2. The molecule has 0 saturated carbocycles. The summed E-state index contributed by atoms with van der Waals surface area (Å²) >= 11 is 0. The molecule has 1 heterocycles. The van der Waals surface area contributed by atoms with Gasteiger partial charge in [0.2, 0.25) is 5.95 Å². The SMILES string of the molecule is CCOc1ccc(/C(C)=N\Nc2nc(C)cc(C)n2)cc1OCC. The lowest BCUT2D eigenvalue weighted by atomic mass is 10.1. The molecule has 0 fully saturated rings. The highest BCUT2D eigenvalue weighted by Crippen LogP contribution is 2.28. The summed E-state index contributed by atoms with van der Waals surface area (Å²) in [5, 5.41) is 4.37. The molecule has 0 aliphatic carbocycles. The molecule has 2 rings (SSSR count). The summed E-state index contributed by atoms with van der Waals surface area (Å²) in [5.41, 5.74) is 6.46. The van der Waals surface area contributed by atoms with Crippen molar-refractivity contribution >= 4 is 11.7 Å². The van der Waals surface area contributed by atoms with E-state index in [1.165, 1.54) is 0 Å². The minimum Gasteiger partial charge on any atom is -0.490 e. The van der Waals surface area contributed by atoms with Crippen molar-refractivity contribution in [1.82, 2.24) is 9.97 Å². The maximum atomic E-state index is 5.65. The van der Waals surface area contributed by atoms with Crippen LogP contribution in [0.4, 0.5) is 5.95 Å². The van der Waals surface area contributed by atoms with Crippen LogP contribution in [0.25, 0.3) is 0 Å². The Kier molecular flexibility index (Phi) is 6.12. The summed E-state index contributed by atoms with van der Waals surface area (Å²) < 4.78 is 11.2. The van der Waals surface area contributed by atoms with E-state index in [4.69, 9.17) is 9.47 Å². The van der Waals surface area contributed by atoms with Gasteiger partial charge in [0.1, 0.15) is 0 Å². The number of nitrogens with one attached hydrogen (secondary N) is 1. The van der Waals surface area contributed by atoms with E-state index in [1.54, 1.807) is 0 Å². The molecule has 128 valence electrons. The molecule has 0 bridgehead atoms. The molecule has 1 aromatic heterocycles. The second-order valence-electron chi connectivity index (χ2n) is 5.31. The number of ether oxygens (including phenoxy) is 2. The lowest BCUT2D eigenvalue weighted by Crippen LogP contribution is -2.05. The van der Waals surface area contributed by atoms with E-state index >= 15 is 0 Å². The molecule has 0 spiro atoms. The highest BCUT2D eigenvalue weighted by atomic mass is 16.5. The lowest BCUT2D eigenvalue weighted by molar-refractivity contribution is 0.287. The van der Waals surface area contributed by atoms with Crippen LogP contribution in [0.2, 0.25) is 0 Å². The first-order valence-electron chi connectivity index (χ1n) is 8.06. The van der Waals surface area contributed by atoms with Crippen LogP contribution in [0.1, 0.15) is 37.7 Å². The quantitative estimate of drug-likeness (QED) is 0.619. The topological polar surface area (TPSA) is 68.6 Å². The van der Waals surface area contributed by atoms with E-state index in [0.29, 0.717) is 24.9 Å². The molecule has 0 saturated heterocycles. The highest BCUT2D eigenvalue weighted by molar-refractivity contribution is 5.99. The summed E-state index contributed by atoms with van der Waals surface area (Å²) in [4.78, 5) is 8.62. The second kappa shape index (κ2) is 8.29. The summed E-state index contributed by atoms with van der Waals surface area (Å²) in [6.07, 6.45) is 0. The molecule has 0 atom stereocenters. The Morgan fingerprint density at radius 3 is 2.25 bits per heavy atom. The van der Waals surface area contributed by atoms with Crippen LogP contribution >= 0.6 is 0 Å². The number of aromatic nitrogens is 2. The van der Waals surface area contributed by atoms with Gasteiger partial charge in [0, 0.05) is 17.0 Å². The van der Waals surface area contributed by atoms with E-state index in [2.05, 4.69) is 20.5 Å². The molecule has 1 N–H and O–H groups in total. The zero-order valence-electron chi connectivity index (χ0n) is 14.9. The number of hydrogen-bond acceptors (Lipinski definition) is 6. The predicted molar refractivity (Wildman–Crippen MR) is 96.1 cm³/mol. The molecule has 0 aliphatic heterocycles. The molecule has 1 aromatic carbocycles. The van der Waals surface area contributed by atoms with Crippen LogP contribution < -0.4 is 14.9 Å². The fourth-order valence-electron chi connectivity index (χ4n) is 2.25. The van der Waals surface area contributed by atoms with E-state index < -0.39 is 0 Å². The minimum atomic E-state index is 0.489. The van der Waals surface area contributed by atoms with Crippen molar-refractivity contribution in [3.63, 3.8) is 0 Å². The first-order valence-corrected chi connectivity index (χ1v) is 8.06. The maximum absolute atomic E-state index is 5.65. The van der Waals surface area contributed by atoms with Crippen molar-refractivity contribution in [2.45, 2.75) is 34.6 Å². The Labute approximate surface area is 142 Å². The Hall–Kier alpha value is -2.63. The fourth-order valence-corrected chi connectivity index (χ4v) is 2.25. The van der Waals surface area contributed by atoms with Gasteiger partial charge in [0.15, 0.2) is 11.5 Å². The van der Waals surface area contributed by atoms with Gasteiger partial charge >= 0.3 is 0 Å². The van der Waals surface area contributed by atoms with Crippen LogP contribution in [0.5, 0.6) is 11.5 Å². The maximum Gasteiger partial charge on any atom is 0.243 e. The highest BCUT2D eigenvalue weighted by Gasteiger charge is 2.08. The van der Waals surface area contributed by atoms with Crippen molar-refractivity contribution in [1.29, 1.82) is 0 Å². The molecular weight excluding hydrogens is 304 g/mol. The first-order chi connectivity index (χ1) is 11.5. The number of benzene rings is 1. The number of hydrazone groups is 1. The summed E-state index contributed by atoms with van der Waals surface area (Å²) in [7, 11) is 0. The van der Waals surface area contributed by atoms with Gasteiger partial charge in [0.25, 0.3) is 0 Å². The predicted octanol–water partition coefficient (Wildman–Crippen LogP) is 3.73. The third kappa shape index (κ3) is 4.68. The van der Waals surface area contributed by atoms with E-state index in [-0.39, 0.29) is 0 Å². The lowest BCUT2D eigenvalue weighted by Gasteiger charge is -2.12. The fraction of sp³-hybridized carbons (Fsp3) is 0.389. The van der Waals surface area contributed by atoms with Gasteiger partial charge in [-0.15, -0.1) is 0 Å². The Morgan fingerprint density at radius 1 is 1.00 bits per heavy atom. The second-order valence-corrected chi connectivity index (χ2v) is 5.31. The Balaban J connectivity index is 2.21. The van der Waals surface area contributed by atoms with Gasteiger partial charge in [-0.05, 0) is 58.9 Å². The zero-order valence-corrected chi connectivity index (χ0v) is 14.9. The molecule has 0 amide bonds. The minimum absolute atomic E-state index is 0.489. The van der Waals surface area contributed by atoms with Crippen LogP contribution in [0.15, 0.2) is 29.4 Å². The van der Waals surface area contributed by atoms with Crippen molar-refractivity contribution in [3.05, 3.63) is 41.2 Å². The normalized spacial score (nSPS) is 11.3. The molecule has 6 heteroatoms. The van der Waals surface area contributed by atoms with Crippen molar-refractivity contribution in [3.8, 4) is 11.5 Å². The Morgan fingerprint density at radius 2 is 1.62 bits per heavy atom. The van der Waals surface area contributed by atoms with Gasteiger partial charge in [-0.1, -0.05) is 0 Å². The van der Waals surface area contributed by atoms with E-state index in [9.17, 15) is 0 Å². The smallest absolute Gasteiger partial charge is 0.243 e. The van der Waals surface area contributed by atoms with Crippen LogP contribution in [-0.4, -0.2) is 28.9 Å². The first kappa shape index (κ1) is 17.7. The van der Waals surface area contributed by atoms with E-state index in [1.807, 2.05) is 58.9 Å². The van der Waals surface area contributed by atoms with Crippen LogP contribution in [0, 0.1) is 13.8 Å². The largest absolute Gasteiger partial charge is 0.490 e. The van der Waals surface area contributed by atoms with Gasteiger partial charge in [-0.25, -0.2) is 15.4 Å². The third-order valence-electron chi connectivity index (χ3n) is 3.27. The van der Waals surface area contributed by atoms with Gasteiger partial charge in [-0.2, -0.15) is 5.10 Å². The number of nitrogens with zero attached hydrogens (tertiary/aromatic N) is 3. The summed E-state index contributed by atoms with van der Waals surface area (Å²) in [6.45, 7) is 10.8. The van der Waals surface area contributed by atoms with Gasteiger partial charge in [-0.3, -0.25) is 0 Å². The monoisotopic (exact) mass is 328 g/mol. The summed E-state index contributed by atoms with van der Waals surface area (Å²) in [6, 6.07) is 7.70. The van der Waals surface area contributed by atoms with Gasteiger partial charge < -0.3 is 9.47 Å². The molecule has 2 aromatic rings. The molecule has 0 aliphatic rings. The number of anilines is 1. The van der Waals surface area contributed by atoms with E-state index in [0.717, 1.165) is 28.4 Å². The van der Waals surface area contributed by atoms with Gasteiger partial charge in [0.05, 0.1) is 18.9 Å². The molecule has 24 heavy (non-hydrogen) atoms. The summed E-state index contributed by atoms with van der Waals surface area (Å²) in [5.74, 6) is 1.94. The molecule has 0 unspecified atom stereocenters. The average molecular weight is 328 g/mol. The standard InChI is InChI=1S/C18H24N4O2/c1-6-23-16-9-8-15(11-17(16)24-7-2)14(5)21-22-18-19-12(3)10-13(4)20-18/h8-11H,6-7H2,1-5H3,(H,19,20,22)/b21-14-.